The Kier molecular flexibility index (Phi) is 7.47. The van der Waals surface area contributed by atoms with Crippen LogP contribution < -0.4 is 10.1 Å². The van der Waals surface area contributed by atoms with E-state index in [2.05, 4.69) is 15.0 Å². The Balaban J connectivity index is 1.35. The number of alkyl halides is 2. The van der Waals surface area contributed by atoms with Gasteiger partial charge in [0.15, 0.2) is 0 Å². The number of nitrogens with one attached hydrogen (secondary N) is 1. The van der Waals surface area contributed by atoms with Crippen molar-refractivity contribution in [1.29, 1.82) is 0 Å². The van der Waals surface area contributed by atoms with E-state index < -0.39 is 6.61 Å². The average Bonchev–Trinajstić information content (AvgIpc) is 3.08. The van der Waals surface area contributed by atoms with Crippen molar-refractivity contribution in [3.8, 4) is 5.75 Å². The number of nitrogens with zero attached hydrogens (tertiary/aromatic N) is 2. The van der Waals surface area contributed by atoms with Crippen molar-refractivity contribution in [1.82, 2.24) is 15.1 Å². The van der Waals surface area contributed by atoms with Crippen LogP contribution in [-0.2, 0) is 13.0 Å². The monoisotopic (exact) mass is 429 g/mol. The molecule has 28 heavy (non-hydrogen) atoms. The van der Waals surface area contributed by atoms with Crippen LogP contribution in [0.2, 0.25) is 4.34 Å². The number of halogens is 3. The van der Waals surface area contributed by atoms with Crippen LogP contribution in [0.4, 0.5) is 13.6 Å². The van der Waals surface area contributed by atoms with E-state index in [4.69, 9.17) is 11.6 Å². The minimum atomic E-state index is -2.83. The van der Waals surface area contributed by atoms with Crippen LogP contribution in [0.1, 0.15) is 10.4 Å². The molecule has 0 aliphatic carbocycles. The van der Waals surface area contributed by atoms with Crippen molar-refractivity contribution in [2.75, 3.05) is 32.7 Å². The summed E-state index contributed by atoms with van der Waals surface area (Å²) in [5, 5.41) is 2.92. The molecule has 0 atom stereocenters. The molecule has 5 nitrogen and oxygen atoms in total. The summed E-state index contributed by atoms with van der Waals surface area (Å²) in [4.78, 5) is 17.7. The number of thiophene rings is 1. The van der Waals surface area contributed by atoms with Gasteiger partial charge in [-0.1, -0.05) is 23.7 Å². The van der Waals surface area contributed by atoms with Crippen LogP contribution in [0.3, 0.4) is 0 Å². The Bertz CT molecular complexity index is 765. The van der Waals surface area contributed by atoms with Gasteiger partial charge in [0.25, 0.3) is 0 Å². The zero-order chi connectivity index (χ0) is 19.9. The molecule has 1 N–H and O–H groups in total. The van der Waals surface area contributed by atoms with E-state index in [1.165, 1.54) is 17.0 Å². The molecule has 1 aromatic heterocycles. The number of hydrogen-bond acceptors (Lipinski definition) is 4. The summed E-state index contributed by atoms with van der Waals surface area (Å²) in [5.74, 6) is 0.130. The first kappa shape index (κ1) is 20.8. The molecule has 2 amide bonds. The number of piperazine rings is 1. The molecule has 0 radical (unpaired) electrons. The van der Waals surface area contributed by atoms with Crippen molar-refractivity contribution < 1.29 is 18.3 Å². The highest BCUT2D eigenvalue weighted by molar-refractivity contribution is 7.16. The standard InChI is InChI=1S/C19H22ClF2N3O2S/c20-17-6-5-16(28-17)13-24-9-11-25(12-10-24)19(26)23-8-7-14-1-3-15(4-2-14)27-18(21)22/h1-6,18H,7-13H2,(H,23,26). The molecule has 9 heteroatoms. The highest BCUT2D eigenvalue weighted by Crippen LogP contribution is 2.23. The summed E-state index contributed by atoms with van der Waals surface area (Å²) < 4.78 is 29.4. The van der Waals surface area contributed by atoms with E-state index in [9.17, 15) is 13.6 Å². The van der Waals surface area contributed by atoms with E-state index in [0.29, 0.717) is 26.1 Å². The van der Waals surface area contributed by atoms with Crippen LogP contribution in [-0.4, -0.2) is 55.2 Å². The maximum Gasteiger partial charge on any atom is 0.387 e. The van der Waals surface area contributed by atoms with Gasteiger partial charge in [0, 0.05) is 44.1 Å². The van der Waals surface area contributed by atoms with Crippen LogP contribution >= 0.6 is 22.9 Å². The molecule has 1 aliphatic heterocycles. The van der Waals surface area contributed by atoms with Crippen LogP contribution in [0, 0.1) is 0 Å². The van der Waals surface area contributed by atoms with Crippen molar-refractivity contribution in [2.45, 2.75) is 19.6 Å². The van der Waals surface area contributed by atoms with E-state index in [1.807, 2.05) is 17.0 Å². The first-order chi connectivity index (χ1) is 13.5. The van der Waals surface area contributed by atoms with E-state index >= 15 is 0 Å². The quantitative estimate of drug-likeness (QED) is 0.721. The van der Waals surface area contributed by atoms with Crippen LogP contribution in [0.15, 0.2) is 36.4 Å². The fraction of sp³-hybridized carbons (Fsp3) is 0.421. The number of benzene rings is 1. The molecule has 152 valence electrons. The summed E-state index contributed by atoms with van der Waals surface area (Å²) in [6, 6.07) is 10.3. The molecular weight excluding hydrogens is 408 g/mol. The van der Waals surface area contributed by atoms with Crippen LogP contribution in [0.25, 0.3) is 0 Å². The average molecular weight is 430 g/mol. The normalized spacial score (nSPS) is 15.1. The minimum Gasteiger partial charge on any atom is -0.435 e. The van der Waals surface area contributed by atoms with Gasteiger partial charge in [0.1, 0.15) is 5.75 Å². The third-order valence-electron chi connectivity index (χ3n) is 4.51. The van der Waals surface area contributed by atoms with Gasteiger partial charge in [0.2, 0.25) is 0 Å². The van der Waals surface area contributed by atoms with E-state index in [0.717, 1.165) is 29.5 Å². The van der Waals surface area contributed by atoms with Gasteiger partial charge < -0.3 is 15.0 Å². The molecule has 2 aromatic rings. The number of amides is 2. The molecule has 0 saturated carbocycles. The van der Waals surface area contributed by atoms with Crippen molar-refractivity contribution >= 4 is 29.0 Å². The first-order valence-electron chi connectivity index (χ1n) is 9.03. The first-order valence-corrected chi connectivity index (χ1v) is 10.2. The number of carbonyl (C=O) groups excluding carboxylic acids is 1. The zero-order valence-electron chi connectivity index (χ0n) is 15.2. The molecule has 0 spiro atoms. The number of rotatable bonds is 7. The Morgan fingerprint density at radius 1 is 1.14 bits per heavy atom. The maximum atomic E-state index is 12.3. The lowest BCUT2D eigenvalue weighted by Gasteiger charge is -2.34. The van der Waals surface area contributed by atoms with Gasteiger partial charge >= 0.3 is 12.6 Å². The second-order valence-electron chi connectivity index (χ2n) is 6.47. The molecule has 3 rings (SSSR count). The van der Waals surface area contributed by atoms with Crippen LogP contribution in [0.5, 0.6) is 5.75 Å². The summed E-state index contributed by atoms with van der Waals surface area (Å²) >= 11 is 7.55. The molecule has 0 unspecified atom stereocenters. The van der Waals surface area contributed by atoms with Gasteiger partial charge in [-0.2, -0.15) is 8.78 Å². The largest absolute Gasteiger partial charge is 0.435 e. The summed E-state index contributed by atoms with van der Waals surface area (Å²) in [6.07, 6.45) is 0.625. The van der Waals surface area contributed by atoms with Gasteiger partial charge in [-0.05, 0) is 36.2 Å². The molecule has 1 aliphatic rings. The summed E-state index contributed by atoms with van der Waals surface area (Å²) in [7, 11) is 0. The van der Waals surface area contributed by atoms with Crippen molar-refractivity contribution in [3.63, 3.8) is 0 Å². The number of ether oxygens (including phenoxy) is 1. The fourth-order valence-electron chi connectivity index (χ4n) is 3.03. The Morgan fingerprint density at radius 2 is 1.86 bits per heavy atom. The number of carbonyl (C=O) groups is 1. The third-order valence-corrected chi connectivity index (χ3v) is 5.72. The highest BCUT2D eigenvalue weighted by atomic mass is 35.5. The lowest BCUT2D eigenvalue weighted by molar-refractivity contribution is -0.0498. The number of hydrogen-bond donors (Lipinski definition) is 1. The Morgan fingerprint density at radius 3 is 2.46 bits per heavy atom. The molecule has 2 heterocycles. The Labute approximate surface area is 171 Å². The van der Waals surface area contributed by atoms with Gasteiger partial charge in [-0.3, -0.25) is 4.90 Å². The minimum absolute atomic E-state index is 0.0727. The lowest BCUT2D eigenvalue weighted by atomic mass is 10.1. The van der Waals surface area contributed by atoms with Crippen molar-refractivity contribution in [2.24, 2.45) is 0 Å². The molecule has 1 aromatic carbocycles. The maximum absolute atomic E-state index is 12.3. The Hall–Kier alpha value is -1.90. The molecule has 1 saturated heterocycles. The molecular formula is C19H22ClF2N3O2S. The summed E-state index contributed by atoms with van der Waals surface area (Å²) in [5.41, 5.74) is 0.946. The third kappa shape index (κ3) is 6.32. The summed E-state index contributed by atoms with van der Waals surface area (Å²) in [6.45, 7) is 1.55. The predicted octanol–water partition coefficient (Wildman–Crippen LogP) is 4.07. The smallest absolute Gasteiger partial charge is 0.387 e. The second-order valence-corrected chi connectivity index (χ2v) is 8.27. The topological polar surface area (TPSA) is 44.8 Å². The van der Waals surface area contributed by atoms with Gasteiger partial charge in [-0.15, -0.1) is 11.3 Å². The van der Waals surface area contributed by atoms with E-state index in [1.54, 1.807) is 23.5 Å². The van der Waals surface area contributed by atoms with Crippen molar-refractivity contribution in [3.05, 3.63) is 51.2 Å². The predicted molar refractivity (Wildman–Crippen MR) is 106 cm³/mol. The lowest BCUT2D eigenvalue weighted by Crippen LogP contribution is -2.51. The van der Waals surface area contributed by atoms with E-state index in [-0.39, 0.29) is 11.8 Å². The molecule has 1 fully saturated rings. The number of urea groups is 1. The van der Waals surface area contributed by atoms with Gasteiger partial charge in [-0.25, -0.2) is 4.79 Å². The SMILES string of the molecule is O=C(NCCc1ccc(OC(F)F)cc1)N1CCN(Cc2ccc(Cl)s2)CC1. The fourth-order valence-corrected chi connectivity index (χ4v) is 4.16. The zero-order valence-corrected chi connectivity index (χ0v) is 16.8. The second kappa shape index (κ2) is 10.0. The molecule has 0 bridgehead atoms. The van der Waals surface area contributed by atoms with Gasteiger partial charge in [0.05, 0.1) is 4.34 Å². The highest BCUT2D eigenvalue weighted by Gasteiger charge is 2.21.